The number of hydrogen-bond acceptors (Lipinski definition) is 8. The fourth-order valence-electron chi connectivity index (χ4n) is 4.93. The molecule has 210 valence electrons. The van der Waals surface area contributed by atoms with E-state index in [1.165, 1.54) is 5.57 Å². The van der Waals surface area contributed by atoms with Crippen LogP contribution in [0.1, 0.15) is 57.1 Å². The molecule has 8 nitrogen and oxygen atoms in total. The summed E-state index contributed by atoms with van der Waals surface area (Å²) in [5.74, 6) is 0.444. The summed E-state index contributed by atoms with van der Waals surface area (Å²) >= 11 is 0. The van der Waals surface area contributed by atoms with E-state index < -0.39 is 0 Å². The number of morpholine rings is 2. The van der Waals surface area contributed by atoms with Crippen molar-refractivity contribution < 1.29 is 28.5 Å². The topological polar surface area (TPSA) is 77.5 Å². The number of ether oxygens (including phenoxy) is 4. The van der Waals surface area contributed by atoms with Crippen LogP contribution in [0.2, 0.25) is 0 Å². The summed E-state index contributed by atoms with van der Waals surface area (Å²) in [6.45, 7) is 15.2. The zero-order valence-electron chi connectivity index (χ0n) is 23.3. The first-order valence-corrected chi connectivity index (χ1v) is 13.9. The number of carbonyl (C=O) groups is 2. The van der Waals surface area contributed by atoms with Crippen LogP contribution < -0.4 is 9.47 Å². The van der Waals surface area contributed by atoms with E-state index in [9.17, 15) is 9.59 Å². The molecular formula is C30H44N2O6. The van der Waals surface area contributed by atoms with Crippen LogP contribution in [0.15, 0.2) is 36.4 Å². The molecule has 1 aromatic rings. The second-order valence-electron chi connectivity index (χ2n) is 10.0. The lowest BCUT2D eigenvalue weighted by molar-refractivity contribution is -0.137. The molecule has 1 unspecified atom stereocenters. The molecule has 0 N–H and O–H groups in total. The lowest BCUT2D eigenvalue weighted by atomic mass is 9.84. The van der Waals surface area contributed by atoms with Crippen molar-refractivity contribution in [2.45, 2.75) is 52.4 Å². The number of nitrogens with zero attached hydrogens (tertiary/aromatic N) is 2. The smallest absolute Gasteiger partial charge is 0.325 e. The molecule has 1 aromatic carbocycles. The second kappa shape index (κ2) is 15.8. The SMILES string of the molecule is C=CC.CCc1cc(OC(=O)CN2CCOCC2)c(C2C=C(C)CCC2)c(OC(=O)CN2CCOCC2)c1. The van der Waals surface area contributed by atoms with Gasteiger partial charge in [-0.3, -0.25) is 19.4 Å². The molecule has 38 heavy (non-hydrogen) atoms. The highest BCUT2D eigenvalue weighted by atomic mass is 16.5. The fourth-order valence-corrected chi connectivity index (χ4v) is 4.93. The molecule has 0 bridgehead atoms. The number of aryl methyl sites for hydroxylation is 1. The third-order valence-corrected chi connectivity index (χ3v) is 6.88. The lowest BCUT2D eigenvalue weighted by Crippen LogP contribution is -2.41. The van der Waals surface area contributed by atoms with Crippen LogP contribution in [-0.2, 0) is 25.5 Å². The molecule has 2 heterocycles. The summed E-state index contributed by atoms with van der Waals surface area (Å²) in [5.41, 5.74) is 3.07. The number of allylic oxidation sites excluding steroid dienone is 3. The van der Waals surface area contributed by atoms with Gasteiger partial charge in [0, 0.05) is 37.7 Å². The van der Waals surface area contributed by atoms with Crippen LogP contribution in [0.3, 0.4) is 0 Å². The zero-order chi connectivity index (χ0) is 27.3. The molecular weight excluding hydrogens is 484 g/mol. The van der Waals surface area contributed by atoms with Crippen molar-refractivity contribution in [3.63, 3.8) is 0 Å². The Morgan fingerprint density at radius 3 is 1.87 bits per heavy atom. The van der Waals surface area contributed by atoms with Crippen LogP contribution in [0.25, 0.3) is 0 Å². The lowest BCUT2D eigenvalue weighted by Gasteiger charge is -2.28. The van der Waals surface area contributed by atoms with Crippen molar-refractivity contribution in [2.75, 3.05) is 65.7 Å². The van der Waals surface area contributed by atoms with Gasteiger partial charge < -0.3 is 18.9 Å². The van der Waals surface area contributed by atoms with E-state index >= 15 is 0 Å². The molecule has 4 rings (SSSR count). The number of esters is 2. The van der Waals surface area contributed by atoms with Crippen molar-refractivity contribution in [1.82, 2.24) is 9.80 Å². The molecule has 2 aliphatic heterocycles. The predicted molar refractivity (Wildman–Crippen MR) is 148 cm³/mol. The summed E-state index contributed by atoms with van der Waals surface area (Å²) < 4.78 is 22.7. The van der Waals surface area contributed by atoms with Gasteiger partial charge in [-0.2, -0.15) is 0 Å². The Hall–Kier alpha value is -2.52. The summed E-state index contributed by atoms with van der Waals surface area (Å²) in [6.07, 6.45) is 7.74. The van der Waals surface area contributed by atoms with E-state index in [2.05, 4.69) is 19.6 Å². The Labute approximate surface area is 227 Å². The minimum atomic E-state index is -0.302. The van der Waals surface area contributed by atoms with Crippen molar-refractivity contribution in [2.24, 2.45) is 0 Å². The van der Waals surface area contributed by atoms with Crippen LogP contribution in [0.4, 0.5) is 0 Å². The van der Waals surface area contributed by atoms with Crippen molar-refractivity contribution >= 4 is 11.9 Å². The maximum absolute atomic E-state index is 12.9. The van der Waals surface area contributed by atoms with Gasteiger partial charge in [0.2, 0.25) is 0 Å². The minimum absolute atomic E-state index is 0.0343. The quantitative estimate of drug-likeness (QED) is 0.283. The van der Waals surface area contributed by atoms with E-state index in [4.69, 9.17) is 18.9 Å². The number of carbonyl (C=O) groups excluding carboxylic acids is 2. The summed E-state index contributed by atoms with van der Waals surface area (Å²) in [7, 11) is 0. The Kier molecular flexibility index (Phi) is 12.5. The van der Waals surface area contributed by atoms with E-state index in [0.29, 0.717) is 64.1 Å². The first kappa shape index (κ1) is 30.0. The maximum atomic E-state index is 12.9. The van der Waals surface area contributed by atoms with Gasteiger partial charge in [-0.15, -0.1) is 6.58 Å². The third kappa shape index (κ3) is 9.34. The van der Waals surface area contributed by atoms with Crippen LogP contribution in [-0.4, -0.2) is 87.4 Å². The van der Waals surface area contributed by atoms with Gasteiger partial charge in [0.25, 0.3) is 0 Å². The normalized spacial score (nSPS) is 20.5. The van der Waals surface area contributed by atoms with Crippen molar-refractivity contribution in [3.8, 4) is 11.5 Å². The van der Waals surface area contributed by atoms with Crippen LogP contribution >= 0.6 is 0 Å². The second-order valence-corrected chi connectivity index (χ2v) is 10.0. The van der Waals surface area contributed by atoms with Gasteiger partial charge in [-0.25, -0.2) is 0 Å². The molecule has 0 radical (unpaired) electrons. The van der Waals surface area contributed by atoms with Gasteiger partial charge in [0.1, 0.15) is 11.5 Å². The molecule has 0 aromatic heterocycles. The third-order valence-electron chi connectivity index (χ3n) is 6.88. The fraction of sp³-hybridized carbons (Fsp3) is 0.600. The average Bonchev–Trinajstić information content (AvgIpc) is 2.90. The Morgan fingerprint density at radius 2 is 1.45 bits per heavy atom. The Morgan fingerprint density at radius 1 is 0.974 bits per heavy atom. The molecule has 3 aliphatic rings. The first-order valence-electron chi connectivity index (χ1n) is 13.9. The molecule has 0 saturated carbocycles. The van der Waals surface area contributed by atoms with Gasteiger partial charge in [0.05, 0.1) is 39.5 Å². The molecule has 2 fully saturated rings. The minimum Gasteiger partial charge on any atom is -0.425 e. The number of hydrogen-bond donors (Lipinski definition) is 0. The standard InChI is InChI=1S/C27H38N2O6.C3H6/c1-3-21-16-23(34-25(30)18-28-7-11-32-12-8-28)27(22-6-4-5-20(2)15-22)24(17-21)35-26(31)19-29-9-13-33-14-10-29;1-3-2/h15-17,22H,3-14,18-19H2,1-2H3;3H,1H2,2H3. The van der Waals surface area contributed by atoms with Gasteiger partial charge in [-0.05, 0) is 57.2 Å². The summed E-state index contributed by atoms with van der Waals surface area (Å²) in [5, 5.41) is 0. The molecule has 0 amide bonds. The van der Waals surface area contributed by atoms with E-state index in [0.717, 1.165) is 36.8 Å². The highest BCUT2D eigenvalue weighted by molar-refractivity contribution is 5.78. The maximum Gasteiger partial charge on any atom is 0.325 e. The molecule has 1 atom stereocenters. The number of benzene rings is 1. The monoisotopic (exact) mass is 528 g/mol. The summed E-state index contributed by atoms with van der Waals surface area (Å²) in [6, 6.07) is 3.87. The predicted octanol–water partition coefficient (Wildman–Crippen LogP) is 4.13. The van der Waals surface area contributed by atoms with Gasteiger partial charge in [-0.1, -0.05) is 24.6 Å². The number of rotatable bonds is 8. The molecule has 1 aliphatic carbocycles. The Bertz CT molecular complexity index is 908. The van der Waals surface area contributed by atoms with Crippen LogP contribution in [0, 0.1) is 0 Å². The van der Waals surface area contributed by atoms with E-state index in [1.807, 2.05) is 35.8 Å². The van der Waals surface area contributed by atoms with E-state index in [-0.39, 0.29) is 30.9 Å². The van der Waals surface area contributed by atoms with Gasteiger partial charge >= 0.3 is 11.9 Å². The van der Waals surface area contributed by atoms with Gasteiger partial charge in [0.15, 0.2) is 0 Å². The summed E-state index contributed by atoms with van der Waals surface area (Å²) in [4.78, 5) is 29.9. The van der Waals surface area contributed by atoms with Crippen LogP contribution in [0.5, 0.6) is 11.5 Å². The zero-order valence-corrected chi connectivity index (χ0v) is 23.3. The molecule has 8 heteroatoms. The first-order chi connectivity index (χ1) is 18.4. The van der Waals surface area contributed by atoms with Crippen molar-refractivity contribution in [1.29, 1.82) is 0 Å². The van der Waals surface area contributed by atoms with Crippen molar-refractivity contribution in [3.05, 3.63) is 47.6 Å². The highest BCUT2D eigenvalue weighted by Crippen LogP contribution is 2.43. The van der Waals surface area contributed by atoms with E-state index in [1.54, 1.807) is 6.08 Å². The Balaban J connectivity index is 0.00000127. The average molecular weight is 529 g/mol. The molecule has 2 saturated heterocycles. The highest BCUT2D eigenvalue weighted by Gasteiger charge is 2.27. The molecule has 0 spiro atoms. The largest absolute Gasteiger partial charge is 0.425 e.